The van der Waals surface area contributed by atoms with Gasteiger partial charge in [0, 0.05) is 40.3 Å². The van der Waals surface area contributed by atoms with Gasteiger partial charge in [-0.15, -0.1) is 11.3 Å². The predicted octanol–water partition coefficient (Wildman–Crippen LogP) is 4.24. The largest absolute Gasteiger partial charge is 0.495 e. The summed E-state index contributed by atoms with van der Waals surface area (Å²) in [5.74, 6) is 1.02. The van der Waals surface area contributed by atoms with Crippen LogP contribution in [0.1, 0.15) is 24.1 Å². The van der Waals surface area contributed by atoms with E-state index in [9.17, 15) is 4.79 Å². The highest BCUT2D eigenvalue weighted by Crippen LogP contribution is 2.30. The van der Waals surface area contributed by atoms with Crippen LogP contribution < -0.4 is 15.0 Å². The van der Waals surface area contributed by atoms with Gasteiger partial charge in [0.25, 0.3) is 0 Å². The van der Waals surface area contributed by atoms with Gasteiger partial charge >= 0.3 is 0 Å². The van der Waals surface area contributed by atoms with E-state index >= 15 is 0 Å². The van der Waals surface area contributed by atoms with Crippen LogP contribution in [0.3, 0.4) is 0 Å². The smallest absolute Gasteiger partial charge is 0.220 e. The lowest BCUT2D eigenvalue weighted by Gasteiger charge is -2.35. The number of carbonyl (C=O) groups is 1. The van der Waals surface area contributed by atoms with Crippen molar-refractivity contribution < 1.29 is 9.53 Å². The second-order valence-corrected chi connectivity index (χ2v) is 8.17. The summed E-state index contributed by atoms with van der Waals surface area (Å²) in [5.41, 5.74) is 1.10. The van der Waals surface area contributed by atoms with Gasteiger partial charge in [-0.25, -0.2) is 0 Å². The van der Waals surface area contributed by atoms with E-state index < -0.39 is 0 Å². The van der Waals surface area contributed by atoms with Gasteiger partial charge in [-0.2, -0.15) is 0 Å². The lowest BCUT2D eigenvalue weighted by atomic mass is 10.0. The summed E-state index contributed by atoms with van der Waals surface area (Å²) in [6, 6.07) is 10.4. The van der Waals surface area contributed by atoms with Crippen LogP contribution in [0.2, 0.25) is 0 Å². The number of anilines is 1. The van der Waals surface area contributed by atoms with Crippen LogP contribution in [0.25, 0.3) is 0 Å². The average Bonchev–Trinajstić information content (AvgIpc) is 3.05. The minimum atomic E-state index is 0.136. The third-order valence-corrected chi connectivity index (χ3v) is 6.19. The fourth-order valence-electron chi connectivity index (χ4n) is 3.23. The van der Waals surface area contributed by atoms with Crippen molar-refractivity contribution in [3.63, 3.8) is 0 Å². The Morgan fingerprint density at radius 3 is 3.04 bits per heavy atom. The van der Waals surface area contributed by atoms with E-state index in [-0.39, 0.29) is 11.9 Å². The fraction of sp³-hybridized carbons (Fsp3) is 0.421. The van der Waals surface area contributed by atoms with E-state index in [0.717, 1.165) is 48.3 Å². The molecule has 2 aromatic rings. The van der Waals surface area contributed by atoms with Gasteiger partial charge in [0.05, 0.1) is 12.8 Å². The Bertz CT molecular complexity index is 719. The fourth-order valence-corrected chi connectivity index (χ4v) is 4.68. The average molecular weight is 423 g/mol. The molecule has 0 spiro atoms. The van der Waals surface area contributed by atoms with Gasteiger partial charge in [0.1, 0.15) is 5.75 Å². The lowest BCUT2D eigenvalue weighted by Crippen LogP contribution is -2.48. The van der Waals surface area contributed by atoms with Crippen LogP contribution in [0.15, 0.2) is 40.2 Å². The Balaban J connectivity index is 1.53. The maximum absolute atomic E-state index is 12.3. The molecule has 1 N–H and O–H groups in total. The number of methoxy groups -OCH3 is 1. The van der Waals surface area contributed by atoms with Crippen LogP contribution >= 0.6 is 27.3 Å². The third kappa shape index (κ3) is 4.98. The molecule has 25 heavy (non-hydrogen) atoms. The zero-order chi connectivity index (χ0) is 17.6. The number of rotatable bonds is 6. The van der Waals surface area contributed by atoms with Crippen LogP contribution in [0, 0.1) is 0 Å². The van der Waals surface area contributed by atoms with E-state index in [2.05, 4.69) is 43.7 Å². The van der Waals surface area contributed by atoms with Crippen molar-refractivity contribution >= 4 is 38.9 Å². The number of nitrogens with zero attached hydrogens (tertiary/aromatic N) is 1. The van der Waals surface area contributed by atoms with Crippen molar-refractivity contribution in [1.82, 2.24) is 5.32 Å². The Hall–Kier alpha value is -1.53. The first-order valence-electron chi connectivity index (χ1n) is 8.56. The highest BCUT2D eigenvalue weighted by molar-refractivity contribution is 9.10. The normalized spacial score (nSPS) is 17.4. The molecule has 1 unspecified atom stereocenters. The van der Waals surface area contributed by atoms with E-state index in [4.69, 9.17) is 4.74 Å². The van der Waals surface area contributed by atoms with Gasteiger partial charge in [-0.3, -0.25) is 4.79 Å². The SMILES string of the molecule is COc1ccccc1N1CCCC(NC(=O)CCc2cc(Br)cs2)C1. The van der Waals surface area contributed by atoms with Crippen LogP contribution in [0.5, 0.6) is 5.75 Å². The molecule has 0 saturated carbocycles. The molecule has 1 atom stereocenters. The van der Waals surface area contributed by atoms with Gasteiger partial charge < -0.3 is 15.0 Å². The molecule has 3 rings (SSSR count). The van der Waals surface area contributed by atoms with Crippen LogP contribution in [-0.4, -0.2) is 32.1 Å². The summed E-state index contributed by atoms with van der Waals surface area (Å²) in [5, 5.41) is 5.26. The number of carbonyl (C=O) groups excluding carboxylic acids is 1. The monoisotopic (exact) mass is 422 g/mol. The maximum atomic E-state index is 12.3. The minimum Gasteiger partial charge on any atom is -0.495 e. The minimum absolute atomic E-state index is 0.136. The highest BCUT2D eigenvalue weighted by atomic mass is 79.9. The molecule has 0 aliphatic carbocycles. The first-order valence-corrected chi connectivity index (χ1v) is 10.2. The molecule has 0 radical (unpaired) electrons. The Morgan fingerprint density at radius 2 is 2.28 bits per heavy atom. The van der Waals surface area contributed by atoms with Crippen molar-refractivity contribution in [2.45, 2.75) is 31.7 Å². The lowest BCUT2D eigenvalue weighted by molar-refractivity contribution is -0.121. The standard InChI is InChI=1S/C19H23BrN2O2S/c1-24-18-7-3-2-6-17(18)22-10-4-5-15(12-22)21-19(23)9-8-16-11-14(20)13-25-16/h2-3,6-7,11,13,15H,4-5,8-10,12H2,1H3,(H,21,23). The number of piperidine rings is 1. The summed E-state index contributed by atoms with van der Waals surface area (Å²) >= 11 is 5.14. The third-order valence-electron chi connectivity index (χ3n) is 4.43. The molecule has 134 valence electrons. The molecular weight excluding hydrogens is 400 g/mol. The summed E-state index contributed by atoms with van der Waals surface area (Å²) in [4.78, 5) is 15.8. The zero-order valence-electron chi connectivity index (χ0n) is 14.3. The molecule has 1 aliphatic heterocycles. The first kappa shape index (κ1) is 18.3. The second kappa shape index (κ2) is 8.72. The number of hydrogen-bond acceptors (Lipinski definition) is 4. The summed E-state index contributed by atoms with van der Waals surface area (Å²) in [6.45, 7) is 1.83. The van der Waals surface area contributed by atoms with Crippen molar-refractivity contribution in [3.05, 3.63) is 45.1 Å². The van der Waals surface area contributed by atoms with E-state index in [1.807, 2.05) is 18.2 Å². The number of hydrogen-bond donors (Lipinski definition) is 1. The Kier molecular flexibility index (Phi) is 6.37. The molecular formula is C19H23BrN2O2S. The number of benzene rings is 1. The Labute approximate surface area is 161 Å². The van der Waals surface area contributed by atoms with Crippen LogP contribution in [-0.2, 0) is 11.2 Å². The molecule has 1 saturated heterocycles. The molecule has 0 bridgehead atoms. The number of thiophene rings is 1. The molecule has 1 aromatic carbocycles. The van der Waals surface area contributed by atoms with Gasteiger partial charge in [0.15, 0.2) is 0 Å². The zero-order valence-corrected chi connectivity index (χ0v) is 16.7. The first-order chi connectivity index (χ1) is 12.2. The van der Waals surface area contributed by atoms with Crippen molar-refractivity contribution in [2.24, 2.45) is 0 Å². The maximum Gasteiger partial charge on any atom is 0.220 e. The number of amides is 1. The summed E-state index contributed by atoms with van der Waals surface area (Å²) < 4.78 is 6.56. The number of aryl methyl sites for hydroxylation is 1. The molecule has 1 aromatic heterocycles. The van der Waals surface area contributed by atoms with Crippen LogP contribution in [0.4, 0.5) is 5.69 Å². The topological polar surface area (TPSA) is 41.6 Å². The van der Waals surface area contributed by atoms with E-state index in [1.165, 1.54) is 4.88 Å². The number of nitrogens with one attached hydrogen (secondary N) is 1. The summed E-state index contributed by atoms with van der Waals surface area (Å²) in [7, 11) is 1.70. The number of halogens is 1. The van der Waals surface area contributed by atoms with Gasteiger partial charge in [-0.05, 0) is 53.4 Å². The molecule has 1 aliphatic rings. The van der Waals surface area contributed by atoms with Crippen molar-refractivity contribution in [1.29, 1.82) is 0 Å². The number of para-hydroxylation sites is 2. The van der Waals surface area contributed by atoms with Gasteiger partial charge in [-0.1, -0.05) is 12.1 Å². The second-order valence-electron chi connectivity index (χ2n) is 6.26. The Morgan fingerprint density at radius 1 is 1.44 bits per heavy atom. The van der Waals surface area contributed by atoms with Gasteiger partial charge in [0.2, 0.25) is 5.91 Å². The highest BCUT2D eigenvalue weighted by Gasteiger charge is 2.23. The van der Waals surface area contributed by atoms with E-state index in [0.29, 0.717) is 6.42 Å². The quantitative estimate of drug-likeness (QED) is 0.756. The van der Waals surface area contributed by atoms with Crippen molar-refractivity contribution in [2.75, 3.05) is 25.1 Å². The molecule has 1 fully saturated rings. The molecule has 1 amide bonds. The molecule has 6 heteroatoms. The predicted molar refractivity (Wildman–Crippen MR) is 107 cm³/mol. The molecule has 4 nitrogen and oxygen atoms in total. The molecule has 2 heterocycles. The van der Waals surface area contributed by atoms with Crippen molar-refractivity contribution in [3.8, 4) is 5.75 Å². The van der Waals surface area contributed by atoms with E-state index in [1.54, 1.807) is 18.4 Å². The summed E-state index contributed by atoms with van der Waals surface area (Å²) in [6.07, 6.45) is 3.44. The number of ether oxygens (including phenoxy) is 1.